The van der Waals surface area contributed by atoms with Gasteiger partial charge < -0.3 is 13.7 Å². The molecule has 5 nitrogen and oxygen atoms in total. The summed E-state index contributed by atoms with van der Waals surface area (Å²) in [6.45, 7) is 0. The van der Waals surface area contributed by atoms with Crippen LogP contribution in [0.5, 0.6) is 0 Å². The summed E-state index contributed by atoms with van der Waals surface area (Å²) in [4.78, 5) is 10.5. The Balaban J connectivity index is 0.983. The Bertz CT molecular complexity index is 6120. The molecular formula is C100H65N5. The van der Waals surface area contributed by atoms with E-state index in [1.165, 1.54) is 32.3 Å². The van der Waals surface area contributed by atoms with Crippen molar-refractivity contribution in [2.75, 3.05) is 0 Å². The molecule has 5 heteroatoms. The molecule has 0 saturated carbocycles. The summed E-state index contributed by atoms with van der Waals surface area (Å²) in [6, 6.07) is 144. The molecule has 490 valence electrons. The smallest absolute Gasteiger partial charge is 0.160 e. The van der Waals surface area contributed by atoms with Crippen molar-refractivity contribution in [3.8, 4) is 129 Å². The minimum Gasteiger partial charge on any atom is -0.307 e. The molecule has 4 heterocycles. The van der Waals surface area contributed by atoms with Gasteiger partial charge >= 0.3 is 0 Å². The molecule has 0 unspecified atom stereocenters. The lowest BCUT2D eigenvalue weighted by molar-refractivity contribution is 1.05. The van der Waals surface area contributed by atoms with Gasteiger partial charge in [-0.05, 0) is 132 Å². The van der Waals surface area contributed by atoms with Gasteiger partial charge in [0.15, 0.2) is 5.82 Å². The average Bonchev–Trinajstić information content (AvgIpc) is 1.51. The normalized spacial score (nSPS) is 11.6. The van der Waals surface area contributed by atoms with Gasteiger partial charge in [-0.15, -0.1) is 0 Å². The number of benzene rings is 16. The lowest BCUT2D eigenvalue weighted by Crippen LogP contribution is -2.10. The molecule has 0 N–H and O–H groups in total. The van der Waals surface area contributed by atoms with E-state index in [1.807, 2.05) is 6.07 Å². The Labute approximate surface area is 608 Å². The van der Waals surface area contributed by atoms with E-state index >= 15 is 0 Å². The van der Waals surface area contributed by atoms with E-state index in [0.717, 1.165) is 156 Å². The van der Waals surface area contributed by atoms with Crippen molar-refractivity contribution in [2.45, 2.75) is 0 Å². The maximum absolute atomic E-state index is 5.35. The van der Waals surface area contributed by atoms with Gasteiger partial charge in [0.2, 0.25) is 0 Å². The largest absolute Gasteiger partial charge is 0.307 e. The van der Waals surface area contributed by atoms with Crippen LogP contribution in [0.1, 0.15) is 0 Å². The van der Waals surface area contributed by atoms with Crippen LogP contribution in [-0.4, -0.2) is 23.7 Å². The Morgan fingerprint density at radius 2 is 0.390 bits per heavy atom. The molecule has 20 rings (SSSR count). The fraction of sp³-hybridized carbons (Fsp3) is 0. The number of fused-ring (bicyclic) bond motifs is 9. The highest BCUT2D eigenvalue weighted by molar-refractivity contribution is 6.25. The standard InChI is InChI=1S/C100H65N5/c1-9-31-67(32-10-1)77-47-25-53-85-93(77)94-78(68-33-11-2-12-34-68)48-26-54-86(94)103(85)91-63-76(66-59-61-74(62-60-66)84-65-83(73-43-21-7-22-44-73)101-100(102-84)75-45-23-8-24-46-75)64-92(104-87-55-27-49-79(69-35-13-3-14-36-69)95(87)96-80(50-28-56-88(96)104)70-37-15-4-16-38-70)99(91)105-89-57-29-51-81(71-39-17-5-18-40-71)97(89)98-82(52-30-58-90(98)105)72-41-19-6-20-42-72/h1-65H. The number of rotatable bonds is 13. The van der Waals surface area contributed by atoms with Gasteiger partial charge in [-0.1, -0.05) is 340 Å². The molecule has 0 aliphatic carbocycles. The van der Waals surface area contributed by atoms with Crippen LogP contribution in [0, 0.1) is 0 Å². The lowest BCUT2D eigenvalue weighted by atomic mass is 9.95. The molecule has 105 heavy (non-hydrogen) atoms. The van der Waals surface area contributed by atoms with E-state index in [9.17, 15) is 0 Å². The van der Waals surface area contributed by atoms with E-state index in [-0.39, 0.29) is 0 Å². The van der Waals surface area contributed by atoms with Gasteiger partial charge in [-0.25, -0.2) is 9.97 Å². The zero-order valence-corrected chi connectivity index (χ0v) is 57.3. The van der Waals surface area contributed by atoms with Gasteiger partial charge in [0.1, 0.15) is 0 Å². The quantitative estimate of drug-likeness (QED) is 0.115. The van der Waals surface area contributed by atoms with E-state index in [1.54, 1.807) is 0 Å². The van der Waals surface area contributed by atoms with Crippen molar-refractivity contribution in [3.05, 3.63) is 394 Å². The first-order chi connectivity index (χ1) is 52.1. The Kier molecular flexibility index (Phi) is 14.8. The van der Waals surface area contributed by atoms with Crippen LogP contribution in [0.4, 0.5) is 0 Å². The molecule has 0 saturated heterocycles. The van der Waals surface area contributed by atoms with Crippen molar-refractivity contribution >= 4 is 65.4 Å². The van der Waals surface area contributed by atoms with Gasteiger partial charge in [0, 0.05) is 49.0 Å². The summed E-state index contributed by atoms with van der Waals surface area (Å²) in [6.07, 6.45) is 0. The lowest BCUT2D eigenvalue weighted by Gasteiger charge is -2.24. The highest BCUT2D eigenvalue weighted by Crippen LogP contribution is 2.52. The van der Waals surface area contributed by atoms with Crippen molar-refractivity contribution in [1.29, 1.82) is 0 Å². The minimum atomic E-state index is 0.673. The Morgan fingerprint density at radius 1 is 0.162 bits per heavy atom. The van der Waals surface area contributed by atoms with Gasteiger partial charge in [0.05, 0.1) is 61.6 Å². The van der Waals surface area contributed by atoms with E-state index in [4.69, 9.17) is 9.97 Å². The summed E-state index contributed by atoms with van der Waals surface area (Å²) >= 11 is 0. The van der Waals surface area contributed by atoms with E-state index < -0.39 is 0 Å². The molecular weight excluding hydrogens is 1270 g/mol. The number of hydrogen-bond donors (Lipinski definition) is 0. The summed E-state index contributed by atoms with van der Waals surface area (Å²) in [7, 11) is 0. The fourth-order valence-electron chi connectivity index (χ4n) is 16.5. The average molecular weight is 1340 g/mol. The van der Waals surface area contributed by atoms with Crippen LogP contribution in [0.2, 0.25) is 0 Å². The van der Waals surface area contributed by atoms with Gasteiger partial charge in [0.25, 0.3) is 0 Å². The molecule has 0 aliphatic heterocycles. The molecule has 0 spiro atoms. The monoisotopic (exact) mass is 1340 g/mol. The van der Waals surface area contributed by atoms with Crippen LogP contribution in [0.3, 0.4) is 0 Å². The van der Waals surface area contributed by atoms with E-state index in [0.29, 0.717) is 5.82 Å². The first kappa shape index (κ1) is 60.9. The summed E-state index contributed by atoms with van der Waals surface area (Å²) in [5.74, 6) is 0.673. The van der Waals surface area contributed by atoms with Crippen molar-refractivity contribution < 1.29 is 0 Å². The molecule has 4 aromatic heterocycles. The van der Waals surface area contributed by atoms with Gasteiger partial charge in [-0.2, -0.15) is 0 Å². The third-order valence-electron chi connectivity index (χ3n) is 21.1. The topological polar surface area (TPSA) is 40.6 Å². The molecule has 0 fully saturated rings. The van der Waals surface area contributed by atoms with Crippen molar-refractivity contribution in [2.24, 2.45) is 0 Å². The maximum Gasteiger partial charge on any atom is 0.160 e. The second-order valence-electron chi connectivity index (χ2n) is 27.0. The summed E-state index contributed by atoms with van der Waals surface area (Å²) in [5.41, 5.74) is 30.1. The highest BCUT2D eigenvalue weighted by Gasteiger charge is 2.31. The first-order valence-corrected chi connectivity index (χ1v) is 36.0. The highest BCUT2D eigenvalue weighted by atomic mass is 15.1. The first-order valence-electron chi connectivity index (χ1n) is 36.0. The predicted molar refractivity (Wildman–Crippen MR) is 439 cm³/mol. The molecule has 0 amide bonds. The zero-order chi connectivity index (χ0) is 69.3. The van der Waals surface area contributed by atoms with Crippen LogP contribution in [0.25, 0.3) is 194 Å². The number of aromatic nitrogens is 5. The van der Waals surface area contributed by atoms with Crippen LogP contribution >= 0.6 is 0 Å². The van der Waals surface area contributed by atoms with Crippen molar-refractivity contribution in [1.82, 2.24) is 23.7 Å². The minimum absolute atomic E-state index is 0.673. The Hall–Kier alpha value is -14.0. The molecule has 0 atom stereocenters. The Morgan fingerprint density at radius 3 is 0.667 bits per heavy atom. The molecule has 0 aliphatic rings. The van der Waals surface area contributed by atoms with Gasteiger partial charge in [-0.3, -0.25) is 0 Å². The second-order valence-corrected chi connectivity index (χ2v) is 27.0. The molecule has 0 radical (unpaired) electrons. The second kappa shape index (κ2) is 25.6. The van der Waals surface area contributed by atoms with Crippen molar-refractivity contribution in [3.63, 3.8) is 0 Å². The molecule has 20 aromatic rings. The molecule has 0 bridgehead atoms. The number of nitrogens with zero attached hydrogens (tertiary/aromatic N) is 5. The summed E-state index contributed by atoms with van der Waals surface area (Å²) in [5, 5.41) is 7.03. The summed E-state index contributed by atoms with van der Waals surface area (Å²) < 4.78 is 7.84. The van der Waals surface area contributed by atoms with Crippen LogP contribution < -0.4 is 0 Å². The fourth-order valence-corrected chi connectivity index (χ4v) is 16.5. The third kappa shape index (κ3) is 10.3. The SMILES string of the molecule is c1ccc(-c2cc(-c3ccc(-c4cc(-n5c6cccc(-c7ccccc7)c6c6c(-c7ccccc7)cccc65)c(-n5c6cccc(-c7ccccc7)c6c6c(-c7ccccc7)cccc65)c(-n5c6cccc(-c7ccccc7)c6c6c(-c7ccccc7)cccc65)c4)cc3)nc(-c3ccccc3)n2)cc1. The zero-order valence-electron chi connectivity index (χ0n) is 57.3. The third-order valence-corrected chi connectivity index (χ3v) is 21.1. The maximum atomic E-state index is 5.35. The predicted octanol–water partition coefficient (Wildman–Crippen LogP) is 26.4. The number of hydrogen-bond acceptors (Lipinski definition) is 2. The van der Waals surface area contributed by atoms with Crippen LogP contribution in [0.15, 0.2) is 394 Å². The van der Waals surface area contributed by atoms with Crippen LogP contribution in [-0.2, 0) is 0 Å². The van der Waals surface area contributed by atoms with E-state index in [2.05, 4.69) is 402 Å². The molecule has 16 aromatic carbocycles.